The van der Waals surface area contributed by atoms with E-state index >= 15 is 0 Å². The van der Waals surface area contributed by atoms with E-state index in [1.807, 2.05) is 25.1 Å². The van der Waals surface area contributed by atoms with E-state index < -0.39 is 5.97 Å². The molecule has 0 N–H and O–H groups in total. The number of aryl methyl sites for hydroxylation is 1. The lowest BCUT2D eigenvalue weighted by Gasteiger charge is -2.23. The van der Waals surface area contributed by atoms with Gasteiger partial charge in [0.25, 0.3) is 5.91 Å². The Morgan fingerprint density at radius 3 is 2.33 bits per heavy atom. The highest BCUT2D eigenvalue weighted by Crippen LogP contribution is 2.36. The second-order valence-corrected chi connectivity index (χ2v) is 9.14. The van der Waals surface area contributed by atoms with Crippen LogP contribution in [0.1, 0.15) is 57.2 Å². The quantitative estimate of drug-likeness (QED) is 0.295. The minimum atomic E-state index is -0.466. The molecule has 7 nitrogen and oxygen atoms in total. The Bertz CT molecular complexity index is 1180. The molecule has 0 fully saturated rings. The first-order valence-electron chi connectivity index (χ1n) is 11.7. The third-order valence-electron chi connectivity index (χ3n) is 5.57. The average Bonchev–Trinajstić information content (AvgIpc) is 3.36. The fourth-order valence-electron chi connectivity index (χ4n) is 3.86. The number of amides is 1. The maximum absolute atomic E-state index is 13.7. The van der Waals surface area contributed by atoms with Crippen molar-refractivity contribution < 1.29 is 23.8 Å². The lowest BCUT2D eigenvalue weighted by atomic mass is 10.0. The van der Waals surface area contributed by atoms with Crippen LogP contribution in [0.4, 0.5) is 0 Å². The van der Waals surface area contributed by atoms with Crippen LogP contribution in [-0.4, -0.2) is 49.1 Å². The molecule has 0 aliphatic heterocycles. The van der Waals surface area contributed by atoms with Gasteiger partial charge in [0.2, 0.25) is 0 Å². The fourth-order valence-corrected chi connectivity index (χ4v) is 4.63. The van der Waals surface area contributed by atoms with Crippen LogP contribution in [0.15, 0.2) is 54.4 Å². The Labute approximate surface area is 216 Å². The third kappa shape index (κ3) is 6.73. The second-order valence-electron chi connectivity index (χ2n) is 8.20. The maximum Gasteiger partial charge on any atom is 0.357 e. The van der Waals surface area contributed by atoms with Gasteiger partial charge in [-0.2, -0.15) is 0 Å². The molecule has 0 saturated carbocycles. The van der Waals surface area contributed by atoms with Crippen LogP contribution in [0, 0.1) is 0 Å². The summed E-state index contributed by atoms with van der Waals surface area (Å²) in [5.41, 5.74) is 3.40. The largest absolute Gasteiger partial charge is 0.496 e. The normalized spacial score (nSPS) is 10.6. The van der Waals surface area contributed by atoms with E-state index in [1.165, 1.54) is 16.9 Å². The number of hydrogen-bond donors (Lipinski definition) is 0. The van der Waals surface area contributed by atoms with Gasteiger partial charge in [0.15, 0.2) is 5.69 Å². The molecule has 190 valence electrons. The van der Waals surface area contributed by atoms with Gasteiger partial charge in [-0.1, -0.05) is 36.9 Å². The van der Waals surface area contributed by atoms with E-state index in [2.05, 4.69) is 23.7 Å². The van der Waals surface area contributed by atoms with Crippen molar-refractivity contribution in [3.8, 4) is 11.5 Å². The van der Waals surface area contributed by atoms with Crippen molar-refractivity contribution in [3.63, 3.8) is 0 Å². The molecule has 0 aliphatic rings. The van der Waals surface area contributed by atoms with Gasteiger partial charge in [0, 0.05) is 17.5 Å². The molecule has 0 unspecified atom stereocenters. The van der Waals surface area contributed by atoms with Gasteiger partial charge in [0.1, 0.15) is 16.5 Å². The van der Waals surface area contributed by atoms with E-state index in [4.69, 9.17) is 14.2 Å². The molecular weight excluding hydrogens is 476 g/mol. The number of thiazole rings is 1. The van der Waals surface area contributed by atoms with E-state index in [-0.39, 0.29) is 24.8 Å². The molecule has 3 rings (SSSR count). The molecule has 2 aromatic carbocycles. The third-order valence-corrected chi connectivity index (χ3v) is 6.40. The van der Waals surface area contributed by atoms with Crippen molar-refractivity contribution >= 4 is 28.8 Å². The Morgan fingerprint density at radius 2 is 1.75 bits per heavy atom. The minimum absolute atomic E-state index is 0.180. The molecule has 36 heavy (non-hydrogen) atoms. The Kier molecular flexibility index (Phi) is 9.64. The first-order chi connectivity index (χ1) is 17.4. The highest BCUT2D eigenvalue weighted by Gasteiger charge is 2.23. The van der Waals surface area contributed by atoms with Crippen LogP contribution >= 0.6 is 11.3 Å². The molecule has 1 heterocycles. The smallest absolute Gasteiger partial charge is 0.357 e. The first kappa shape index (κ1) is 26.9. The molecule has 1 amide bonds. The summed E-state index contributed by atoms with van der Waals surface area (Å²) in [4.78, 5) is 31.9. The molecule has 0 aliphatic carbocycles. The number of ether oxygens (including phenoxy) is 3. The molecule has 3 aromatic rings. The van der Waals surface area contributed by atoms with E-state index in [1.54, 1.807) is 43.6 Å². The van der Waals surface area contributed by atoms with Crippen LogP contribution in [-0.2, 0) is 17.7 Å². The maximum atomic E-state index is 13.7. The number of allylic oxidation sites excluding steroid dienone is 1. The topological polar surface area (TPSA) is 78.0 Å². The molecular formula is C28H32N2O5S. The molecule has 8 heteroatoms. The van der Waals surface area contributed by atoms with Gasteiger partial charge in [-0.05, 0) is 50.0 Å². The number of benzene rings is 2. The summed E-state index contributed by atoms with van der Waals surface area (Å²) in [6.45, 7) is 8.67. The van der Waals surface area contributed by atoms with Gasteiger partial charge < -0.3 is 19.1 Å². The summed E-state index contributed by atoms with van der Waals surface area (Å²) in [6, 6.07) is 13.6. The number of rotatable bonds is 12. The number of hydrogen-bond acceptors (Lipinski definition) is 7. The van der Waals surface area contributed by atoms with Gasteiger partial charge in [-0.25, -0.2) is 9.78 Å². The highest BCUT2D eigenvalue weighted by atomic mass is 32.1. The zero-order valence-corrected chi connectivity index (χ0v) is 22.0. The lowest BCUT2D eigenvalue weighted by Crippen LogP contribution is -2.32. The summed E-state index contributed by atoms with van der Waals surface area (Å²) in [7, 11) is 3.11. The Balaban J connectivity index is 1.88. The summed E-state index contributed by atoms with van der Waals surface area (Å²) in [5, 5.41) is 2.32. The van der Waals surface area contributed by atoms with Crippen LogP contribution < -0.4 is 9.47 Å². The van der Waals surface area contributed by atoms with Gasteiger partial charge in [-0.3, -0.25) is 4.79 Å². The monoisotopic (exact) mass is 508 g/mol. The predicted octanol–water partition coefficient (Wildman–Crippen LogP) is 5.65. The van der Waals surface area contributed by atoms with E-state index in [0.717, 1.165) is 24.0 Å². The molecule has 0 spiro atoms. The van der Waals surface area contributed by atoms with Crippen molar-refractivity contribution in [2.45, 2.75) is 33.2 Å². The summed E-state index contributed by atoms with van der Waals surface area (Å²) in [5.74, 6) is 0.397. The Hall–Kier alpha value is -3.65. The van der Waals surface area contributed by atoms with Crippen LogP contribution in [0.3, 0.4) is 0 Å². The van der Waals surface area contributed by atoms with E-state index in [0.29, 0.717) is 28.6 Å². The number of carbonyl (C=O) groups is 2. The van der Waals surface area contributed by atoms with Crippen molar-refractivity contribution in [3.05, 3.63) is 81.8 Å². The SMILES string of the molecule is C=C(C)c1c(OC)cc(C(=O)N(CCCc2ccccc2)Cc2nc(C(=O)OCC)cs2)cc1OC. The van der Waals surface area contributed by atoms with Gasteiger partial charge in [-0.15, -0.1) is 11.3 Å². The second kappa shape index (κ2) is 12.9. The summed E-state index contributed by atoms with van der Waals surface area (Å²) >= 11 is 1.33. The van der Waals surface area contributed by atoms with Crippen molar-refractivity contribution in [2.75, 3.05) is 27.4 Å². The zero-order chi connectivity index (χ0) is 26.1. The number of methoxy groups -OCH3 is 2. The molecule has 0 radical (unpaired) electrons. The first-order valence-corrected chi connectivity index (χ1v) is 12.6. The average molecular weight is 509 g/mol. The Morgan fingerprint density at radius 1 is 1.08 bits per heavy atom. The fraction of sp³-hybridized carbons (Fsp3) is 0.321. The lowest BCUT2D eigenvalue weighted by molar-refractivity contribution is 0.0520. The van der Waals surface area contributed by atoms with Crippen molar-refractivity contribution in [2.24, 2.45) is 0 Å². The zero-order valence-electron chi connectivity index (χ0n) is 21.2. The number of esters is 1. The summed E-state index contributed by atoms with van der Waals surface area (Å²) < 4.78 is 16.2. The highest BCUT2D eigenvalue weighted by molar-refractivity contribution is 7.09. The summed E-state index contributed by atoms with van der Waals surface area (Å²) in [6.07, 6.45) is 1.60. The molecule has 0 atom stereocenters. The van der Waals surface area contributed by atoms with Crippen molar-refractivity contribution in [1.82, 2.24) is 9.88 Å². The van der Waals surface area contributed by atoms with Gasteiger partial charge in [0.05, 0.1) is 32.9 Å². The van der Waals surface area contributed by atoms with Gasteiger partial charge >= 0.3 is 5.97 Å². The molecule has 0 bridgehead atoms. The predicted molar refractivity (Wildman–Crippen MR) is 142 cm³/mol. The standard InChI is InChI=1S/C28H32N2O5S/c1-6-35-28(32)22-18-36-25(29-22)17-30(14-10-13-20-11-8-7-9-12-20)27(31)21-15-23(33-4)26(19(2)3)24(16-21)34-5/h7-9,11-12,15-16,18H,2,6,10,13-14,17H2,1,3-5H3. The van der Waals surface area contributed by atoms with Crippen LogP contribution in [0.2, 0.25) is 0 Å². The molecule has 0 saturated heterocycles. The number of carbonyl (C=O) groups excluding carboxylic acids is 2. The minimum Gasteiger partial charge on any atom is -0.496 e. The van der Waals surface area contributed by atoms with Crippen molar-refractivity contribution in [1.29, 1.82) is 0 Å². The number of nitrogens with zero attached hydrogens (tertiary/aromatic N) is 2. The molecule has 1 aromatic heterocycles. The van der Waals surface area contributed by atoms with E-state index in [9.17, 15) is 9.59 Å². The van der Waals surface area contributed by atoms with Crippen LogP contribution in [0.5, 0.6) is 11.5 Å². The number of aromatic nitrogens is 1. The van der Waals surface area contributed by atoms with Crippen LogP contribution in [0.25, 0.3) is 5.57 Å².